The van der Waals surface area contributed by atoms with E-state index < -0.39 is 10.0 Å². The zero-order valence-corrected chi connectivity index (χ0v) is 9.40. The predicted octanol–water partition coefficient (Wildman–Crippen LogP) is 0.181. The molecule has 1 fully saturated rings. The van der Waals surface area contributed by atoms with E-state index in [2.05, 4.69) is 0 Å². The van der Waals surface area contributed by atoms with Crippen molar-refractivity contribution in [3.8, 4) is 0 Å². The van der Waals surface area contributed by atoms with Gasteiger partial charge in [0.05, 0.1) is 6.26 Å². The number of nitrogens with two attached hydrogens (primary N) is 1. The third-order valence-electron chi connectivity index (χ3n) is 2.27. The van der Waals surface area contributed by atoms with Gasteiger partial charge in [-0.2, -0.15) is 4.31 Å². The quantitative estimate of drug-likeness (QED) is 0.734. The lowest BCUT2D eigenvalue weighted by Crippen LogP contribution is -2.46. The molecule has 0 saturated carbocycles. The lowest BCUT2D eigenvalue weighted by atomic mass is 10.1. The molecule has 0 aliphatic carbocycles. The van der Waals surface area contributed by atoms with E-state index in [0.717, 1.165) is 19.3 Å². The largest absolute Gasteiger partial charge is 0.329 e. The summed E-state index contributed by atoms with van der Waals surface area (Å²) in [6, 6.07) is 0.0359. The highest BCUT2D eigenvalue weighted by atomic mass is 35.5. The molecule has 1 atom stereocenters. The van der Waals surface area contributed by atoms with Crippen LogP contribution < -0.4 is 5.73 Å². The average Bonchev–Trinajstić information content (AvgIpc) is 2.03. The van der Waals surface area contributed by atoms with Crippen LogP contribution in [0.3, 0.4) is 0 Å². The van der Waals surface area contributed by atoms with E-state index in [9.17, 15) is 8.42 Å². The maximum absolute atomic E-state index is 11.2. The fraction of sp³-hybridized carbons (Fsp3) is 1.00. The van der Waals surface area contributed by atoms with E-state index in [1.54, 1.807) is 0 Å². The van der Waals surface area contributed by atoms with Gasteiger partial charge in [-0.3, -0.25) is 0 Å². The molecule has 1 rings (SSSR count). The average molecular weight is 229 g/mol. The van der Waals surface area contributed by atoms with Crippen LogP contribution in [0.5, 0.6) is 0 Å². The summed E-state index contributed by atoms with van der Waals surface area (Å²) in [4.78, 5) is 0. The molecule has 2 N–H and O–H groups in total. The van der Waals surface area contributed by atoms with Crippen LogP contribution in [-0.2, 0) is 10.0 Å². The first kappa shape index (κ1) is 13.2. The van der Waals surface area contributed by atoms with Crippen LogP contribution in [0, 0.1) is 0 Å². The summed E-state index contributed by atoms with van der Waals surface area (Å²) in [6.45, 7) is 1.08. The minimum atomic E-state index is -3.03. The van der Waals surface area contributed by atoms with E-state index in [1.165, 1.54) is 10.6 Å². The smallest absolute Gasteiger partial charge is 0.211 e. The summed E-state index contributed by atoms with van der Waals surface area (Å²) in [5.41, 5.74) is 5.48. The van der Waals surface area contributed by atoms with E-state index in [0.29, 0.717) is 13.1 Å². The molecular formula is C7H17ClN2O2S. The molecule has 0 amide bonds. The van der Waals surface area contributed by atoms with E-state index in [4.69, 9.17) is 5.73 Å². The molecule has 0 aromatic rings. The van der Waals surface area contributed by atoms with Crippen LogP contribution in [0.4, 0.5) is 0 Å². The molecule has 1 saturated heterocycles. The Hall–Kier alpha value is 0.160. The van der Waals surface area contributed by atoms with Crippen molar-refractivity contribution in [1.82, 2.24) is 4.31 Å². The molecule has 0 bridgehead atoms. The van der Waals surface area contributed by atoms with Gasteiger partial charge in [-0.1, -0.05) is 6.42 Å². The number of hydrogen-bond acceptors (Lipinski definition) is 3. The third-order valence-corrected chi connectivity index (χ3v) is 3.60. The Morgan fingerprint density at radius 1 is 1.46 bits per heavy atom. The lowest BCUT2D eigenvalue weighted by Gasteiger charge is -2.32. The fourth-order valence-corrected chi connectivity index (χ4v) is 2.84. The van der Waals surface area contributed by atoms with Crippen molar-refractivity contribution in [3.05, 3.63) is 0 Å². The van der Waals surface area contributed by atoms with E-state index in [1.807, 2.05) is 0 Å². The first-order valence-corrected chi connectivity index (χ1v) is 6.07. The van der Waals surface area contributed by atoms with Crippen LogP contribution in [0.1, 0.15) is 19.3 Å². The second-order valence-corrected chi connectivity index (χ2v) is 5.19. The van der Waals surface area contributed by atoms with Crippen molar-refractivity contribution in [2.45, 2.75) is 25.3 Å². The van der Waals surface area contributed by atoms with Gasteiger partial charge < -0.3 is 5.73 Å². The number of halogens is 1. The second kappa shape index (κ2) is 5.14. The second-order valence-electron chi connectivity index (χ2n) is 3.26. The fourth-order valence-electron chi connectivity index (χ4n) is 1.65. The van der Waals surface area contributed by atoms with Crippen LogP contribution in [-0.4, -0.2) is 38.1 Å². The predicted molar refractivity (Wildman–Crippen MR) is 55.5 cm³/mol. The molecular weight excluding hydrogens is 212 g/mol. The monoisotopic (exact) mass is 228 g/mol. The minimum absolute atomic E-state index is 0. The number of sulfonamides is 1. The maximum Gasteiger partial charge on any atom is 0.211 e. The molecule has 1 heterocycles. The van der Waals surface area contributed by atoms with Crippen molar-refractivity contribution < 1.29 is 8.42 Å². The van der Waals surface area contributed by atoms with E-state index in [-0.39, 0.29) is 18.4 Å². The maximum atomic E-state index is 11.2. The molecule has 1 aliphatic rings. The number of rotatable bonds is 2. The van der Waals surface area contributed by atoms with Crippen molar-refractivity contribution in [2.75, 3.05) is 19.3 Å². The van der Waals surface area contributed by atoms with E-state index >= 15 is 0 Å². The van der Waals surface area contributed by atoms with Gasteiger partial charge in [-0.25, -0.2) is 8.42 Å². The van der Waals surface area contributed by atoms with Gasteiger partial charge in [0.1, 0.15) is 0 Å². The molecule has 80 valence electrons. The molecule has 0 spiro atoms. The first-order chi connectivity index (χ1) is 5.55. The van der Waals surface area contributed by atoms with Gasteiger partial charge in [-0.05, 0) is 12.8 Å². The van der Waals surface area contributed by atoms with Crippen molar-refractivity contribution in [2.24, 2.45) is 5.73 Å². The Morgan fingerprint density at radius 2 is 2.08 bits per heavy atom. The normalized spacial score (nSPS) is 25.2. The van der Waals surface area contributed by atoms with Gasteiger partial charge in [0.2, 0.25) is 10.0 Å². The summed E-state index contributed by atoms with van der Waals surface area (Å²) in [5.74, 6) is 0. The number of nitrogens with zero attached hydrogens (tertiary/aromatic N) is 1. The molecule has 1 aliphatic heterocycles. The van der Waals surface area contributed by atoms with Gasteiger partial charge in [-0.15, -0.1) is 12.4 Å². The summed E-state index contributed by atoms with van der Waals surface area (Å²) in [5, 5.41) is 0. The summed E-state index contributed by atoms with van der Waals surface area (Å²) < 4.78 is 24.0. The summed E-state index contributed by atoms with van der Waals surface area (Å²) in [6.07, 6.45) is 4.21. The van der Waals surface area contributed by atoms with Gasteiger partial charge in [0, 0.05) is 19.1 Å². The summed E-state index contributed by atoms with van der Waals surface area (Å²) >= 11 is 0. The SMILES string of the molecule is CS(=O)(=O)N1CCCCC1CN.Cl. The Labute approximate surface area is 85.9 Å². The van der Waals surface area contributed by atoms with Crippen molar-refractivity contribution in [3.63, 3.8) is 0 Å². The van der Waals surface area contributed by atoms with Crippen LogP contribution in [0.25, 0.3) is 0 Å². The van der Waals surface area contributed by atoms with Crippen LogP contribution in [0.2, 0.25) is 0 Å². The highest BCUT2D eigenvalue weighted by Gasteiger charge is 2.27. The molecule has 13 heavy (non-hydrogen) atoms. The molecule has 1 unspecified atom stereocenters. The highest BCUT2D eigenvalue weighted by Crippen LogP contribution is 2.18. The molecule has 0 radical (unpaired) electrons. The van der Waals surface area contributed by atoms with Crippen molar-refractivity contribution in [1.29, 1.82) is 0 Å². The lowest BCUT2D eigenvalue weighted by molar-refractivity contribution is 0.259. The third kappa shape index (κ3) is 3.42. The van der Waals surface area contributed by atoms with Crippen LogP contribution >= 0.6 is 12.4 Å². The molecule has 0 aromatic heterocycles. The van der Waals surface area contributed by atoms with Crippen LogP contribution in [0.15, 0.2) is 0 Å². The zero-order valence-electron chi connectivity index (χ0n) is 7.77. The topological polar surface area (TPSA) is 63.4 Å². The Morgan fingerprint density at radius 3 is 2.46 bits per heavy atom. The van der Waals surface area contributed by atoms with Gasteiger partial charge in [0.15, 0.2) is 0 Å². The number of piperidine rings is 1. The molecule has 4 nitrogen and oxygen atoms in total. The van der Waals surface area contributed by atoms with Gasteiger partial charge >= 0.3 is 0 Å². The Balaban J connectivity index is 0.00000144. The van der Waals surface area contributed by atoms with Crippen molar-refractivity contribution >= 4 is 22.4 Å². The standard InChI is InChI=1S/C7H16N2O2S.ClH/c1-12(10,11)9-5-3-2-4-7(9)6-8;/h7H,2-6,8H2,1H3;1H. The molecule has 6 heteroatoms. The Bertz CT molecular complexity index is 243. The highest BCUT2D eigenvalue weighted by molar-refractivity contribution is 7.88. The Kier molecular flexibility index (Phi) is 5.21. The first-order valence-electron chi connectivity index (χ1n) is 4.22. The van der Waals surface area contributed by atoms with Gasteiger partial charge in [0.25, 0.3) is 0 Å². The number of hydrogen-bond donors (Lipinski definition) is 1. The molecule has 0 aromatic carbocycles. The minimum Gasteiger partial charge on any atom is -0.329 e. The summed E-state index contributed by atoms with van der Waals surface area (Å²) in [7, 11) is -3.03. The zero-order chi connectivity index (χ0) is 9.19.